The van der Waals surface area contributed by atoms with Gasteiger partial charge in [0.25, 0.3) is 0 Å². The van der Waals surface area contributed by atoms with Crippen molar-refractivity contribution in [1.82, 2.24) is 15.1 Å². The van der Waals surface area contributed by atoms with Gasteiger partial charge in [0.2, 0.25) is 0 Å². The van der Waals surface area contributed by atoms with Crippen molar-refractivity contribution in [3.63, 3.8) is 0 Å². The molecule has 2 N–H and O–H groups in total. The normalized spacial score (nSPS) is 22.1. The van der Waals surface area contributed by atoms with Gasteiger partial charge in [-0.15, -0.1) is 0 Å². The fourth-order valence-electron chi connectivity index (χ4n) is 2.81. The lowest BCUT2D eigenvalue weighted by Gasteiger charge is -2.41. The van der Waals surface area contributed by atoms with Gasteiger partial charge in [0.15, 0.2) is 0 Å². The van der Waals surface area contributed by atoms with Crippen LogP contribution in [0.5, 0.6) is 0 Å². The summed E-state index contributed by atoms with van der Waals surface area (Å²) in [5.74, 6) is -1.05. The predicted octanol–water partition coefficient (Wildman–Crippen LogP) is 0.834. The monoisotopic (exact) mass is 283 g/mol. The highest BCUT2D eigenvalue weighted by molar-refractivity contribution is 5.76. The molecule has 2 aliphatic heterocycles. The van der Waals surface area contributed by atoms with E-state index in [4.69, 9.17) is 5.11 Å². The lowest BCUT2D eigenvalue weighted by Crippen LogP contribution is -2.57. The molecule has 1 atom stereocenters. The maximum atomic E-state index is 11.9. The smallest absolute Gasteiger partial charge is 0.317 e. The summed E-state index contributed by atoms with van der Waals surface area (Å²) in [5.41, 5.74) is 0. The Bertz CT molecular complexity index is 350. The van der Waals surface area contributed by atoms with E-state index in [1.165, 1.54) is 19.3 Å². The molecule has 6 nitrogen and oxygen atoms in total. The van der Waals surface area contributed by atoms with Crippen molar-refractivity contribution in [2.45, 2.75) is 26.2 Å². The third kappa shape index (κ3) is 3.85. The van der Waals surface area contributed by atoms with Gasteiger partial charge in [0.1, 0.15) is 0 Å². The molecule has 0 aromatic rings. The fraction of sp³-hybridized carbons (Fsp3) is 0.857. The number of carbonyl (C=O) groups is 2. The van der Waals surface area contributed by atoms with Crippen LogP contribution < -0.4 is 5.32 Å². The lowest BCUT2D eigenvalue weighted by molar-refractivity contribution is -0.144. The minimum absolute atomic E-state index is 0.0594. The Kier molecular flexibility index (Phi) is 5.23. The summed E-state index contributed by atoms with van der Waals surface area (Å²) in [5, 5.41) is 11.8. The molecule has 20 heavy (non-hydrogen) atoms. The highest BCUT2D eigenvalue weighted by Gasteiger charge is 2.37. The number of piperidine rings is 1. The van der Waals surface area contributed by atoms with Gasteiger partial charge in [-0.25, -0.2) is 4.79 Å². The third-order valence-corrected chi connectivity index (χ3v) is 4.45. The number of hydrogen-bond donors (Lipinski definition) is 2. The summed E-state index contributed by atoms with van der Waals surface area (Å²) in [7, 11) is 0. The van der Waals surface area contributed by atoms with Gasteiger partial charge in [-0.1, -0.05) is 13.3 Å². The fourth-order valence-corrected chi connectivity index (χ4v) is 2.81. The molecule has 0 spiro atoms. The Hall–Kier alpha value is -1.30. The van der Waals surface area contributed by atoms with Crippen LogP contribution in [-0.2, 0) is 4.79 Å². The molecule has 2 saturated heterocycles. The van der Waals surface area contributed by atoms with E-state index in [0.29, 0.717) is 19.6 Å². The first-order chi connectivity index (χ1) is 9.58. The van der Waals surface area contributed by atoms with Crippen LogP contribution in [0.4, 0.5) is 4.79 Å². The van der Waals surface area contributed by atoms with E-state index in [0.717, 1.165) is 19.6 Å². The molecule has 2 aliphatic rings. The van der Waals surface area contributed by atoms with E-state index in [9.17, 15) is 9.59 Å². The van der Waals surface area contributed by atoms with Crippen molar-refractivity contribution in [3.05, 3.63) is 0 Å². The number of likely N-dealkylation sites (tertiary alicyclic amines) is 2. The first kappa shape index (κ1) is 15.1. The van der Waals surface area contributed by atoms with E-state index in [-0.39, 0.29) is 17.9 Å². The van der Waals surface area contributed by atoms with Crippen LogP contribution in [-0.4, -0.2) is 66.2 Å². The van der Waals surface area contributed by atoms with Gasteiger partial charge in [0, 0.05) is 32.1 Å². The molecular formula is C14H25N3O3. The van der Waals surface area contributed by atoms with Crippen molar-refractivity contribution in [2.75, 3.05) is 39.3 Å². The second-order valence-corrected chi connectivity index (χ2v) is 5.93. The highest BCUT2D eigenvalue weighted by atomic mass is 16.4. The molecule has 0 aromatic carbocycles. The molecule has 0 radical (unpaired) electrons. The molecule has 2 rings (SSSR count). The van der Waals surface area contributed by atoms with Crippen LogP contribution in [0.2, 0.25) is 0 Å². The SMILES string of the molecule is CC(C(=O)O)C1CN(C(=O)NCCN2CCCCC2)C1. The van der Waals surface area contributed by atoms with E-state index < -0.39 is 5.97 Å². The molecule has 0 bridgehead atoms. The molecule has 2 amide bonds. The van der Waals surface area contributed by atoms with Crippen LogP contribution in [0.25, 0.3) is 0 Å². The van der Waals surface area contributed by atoms with Gasteiger partial charge < -0.3 is 20.2 Å². The van der Waals surface area contributed by atoms with Gasteiger partial charge in [-0.2, -0.15) is 0 Å². The standard InChI is InChI=1S/C14H25N3O3/c1-11(13(18)19)12-9-17(10-12)14(20)15-5-8-16-6-3-2-4-7-16/h11-12H,2-10H2,1H3,(H,15,20)(H,18,19). The molecular weight excluding hydrogens is 258 g/mol. The Morgan fingerprint density at radius 2 is 1.90 bits per heavy atom. The Balaban J connectivity index is 1.58. The summed E-state index contributed by atoms with van der Waals surface area (Å²) >= 11 is 0. The number of carboxylic acid groups (broad SMARTS) is 1. The molecule has 2 fully saturated rings. The molecule has 0 aliphatic carbocycles. The largest absolute Gasteiger partial charge is 0.481 e. The van der Waals surface area contributed by atoms with Crippen LogP contribution in [0.1, 0.15) is 26.2 Å². The molecule has 114 valence electrons. The summed E-state index contributed by atoms with van der Waals surface area (Å²) in [6.45, 7) is 6.68. The van der Waals surface area contributed by atoms with E-state index in [2.05, 4.69) is 10.2 Å². The van der Waals surface area contributed by atoms with Crippen molar-refractivity contribution >= 4 is 12.0 Å². The topological polar surface area (TPSA) is 72.9 Å². The molecule has 2 heterocycles. The summed E-state index contributed by atoms with van der Waals surface area (Å²) in [6, 6.07) is -0.0594. The number of carboxylic acids is 1. The minimum Gasteiger partial charge on any atom is -0.481 e. The van der Waals surface area contributed by atoms with Gasteiger partial charge in [-0.05, 0) is 25.9 Å². The number of aliphatic carboxylic acids is 1. The van der Waals surface area contributed by atoms with Crippen molar-refractivity contribution in [2.24, 2.45) is 11.8 Å². The quantitative estimate of drug-likeness (QED) is 0.784. The van der Waals surface area contributed by atoms with E-state index >= 15 is 0 Å². The van der Waals surface area contributed by atoms with Crippen LogP contribution in [0.15, 0.2) is 0 Å². The zero-order valence-corrected chi connectivity index (χ0v) is 12.2. The first-order valence-corrected chi connectivity index (χ1v) is 7.56. The lowest BCUT2D eigenvalue weighted by atomic mass is 9.87. The van der Waals surface area contributed by atoms with E-state index in [1.54, 1.807) is 11.8 Å². The Morgan fingerprint density at radius 1 is 1.25 bits per heavy atom. The number of urea groups is 1. The van der Waals surface area contributed by atoms with Crippen LogP contribution in [0, 0.1) is 11.8 Å². The second kappa shape index (κ2) is 6.92. The number of rotatable bonds is 5. The predicted molar refractivity (Wildman–Crippen MR) is 75.6 cm³/mol. The van der Waals surface area contributed by atoms with Crippen LogP contribution >= 0.6 is 0 Å². The maximum Gasteiger partial charge on any atom is 0.317 e. The molecule has 1 unspecified atom stereocenters. The number of amides is 2. The number of nitrogens with one attached hydrogen (secondary N) is 1. The van der Waals surface area contributed by atoms with E-state index in [1.807, 2.05) is 0 Å². The summed E-state index contributed by atoms with van der Waals surface area (Å²) < 4.78 is 0. The summed E-state index contributed by atoms with van der Waals surface area (Å²) in [4.78, 5) is 26.8. The minimum atomic E-state index is -0.778. The first-order valence-electron chi connectivity index (χ1n) is 7.56. The summed E-state index contributed by atoms with van der Waals surface area (Å²) in [6.07, 6.45) is 3.84. The Labute approximate surface area is 120 Å². The number of hydrogen-bond acceptors (Lipinski definition) is 3. The Morgan fingerprint density at radius 3 is 2.50 bits per heavy atom. The zero-order chi connectivity index (χ0) is 14.5. The number of nitrogens with zero attached hydrogens (tertiary/aromatic N) is 2. The highest BCUT2D eigenvalue weighted by Crippen LogP contribution is 2.23. The second-order valence-electron chi connectivity index (χ2n) is 5.93. The zero-order valence-electron chi connectivity index (χ0n) is 12.2. The third-order valence-electron chi connectivity index (χ3n) is 4.45. The number of carbonyl (C=O) groups excluding carboxylic acids is 1. The van der Waals surface area contributed by atoms with Crippen LogP contribution in [0.3, 0.4) is 0 Å². The average Bonchev–Trinajstić information content (AvgIpc) is 2.38. The molecule has 6 heteroatoms. The van der Waals surface area contributed by atoms with Crippen molar-refractivity contribution in [1.29, 1.82) is 0 Å². The van der Waals surface area contributed by atoms with Gasteiger partial charge in [0.05, 0.1) is 5.92 Å². The average molecular weight is 283 g/mol. The van der Waals surface area contributed by atoms with Gasteiger partial charge in [-0.3, -0.25) is 4.79 Å². The van der Waals surface area contributed by atoms with Crippen molar-refractivity contribution in [3.8, 4) is 0 Å². The molecule has 0 aromatic heterocycles. The van der Waals surface area contributed by atoms with Crippen molar-refractivity contribution < 1.29 is 14.7 Å². The van der Waals surface area contributed by atoms with Gasteiger partial charge >= 0.3 is 12.0 Å². The molecule has 0 saturated carbocycles. The maximum absolute atomic E-state index is 11.9.